The molecule has 1 N–H and O–H groups in total. The number of rotatable bonds is 5. The summed E-state index contributed by atoms with van der Waals surface area (Å²) >= 11 is 0. The van der Waals surface area contributed by atoms with E-state index in [-0.39, 0.29) is 17.1 Å². The zero-order chi connectivity index (χ0) is 18.1. The van der Waals surface area contributed by atoms with Crippen LogP contribution in [0.2, 0.25) is 0 Å². The number of pyridine rings is 1. The highest BCUT2D eigenvalue weighted by molar-refractivity contribution is 5.83. The first kappa shape index (κ1) is 17.7. The van der Waals surface area contributed by atoms with Crippen molar-refractivity contribution in [2.24, 2.45) is 0 Å². The number of esters is 1. The molecule has 0 unspecified atom stereocenters. The van der Waals surface area contributed by atoms with Gasteiger partial charge in [0.1, 0.15) is 5.54 Å². The normalized spacial score (nSPS) is 11.4. The minimum absolute atomic E-state index is 0.0683. The van der Waals surface area contributed by atoms with Crippen molar-refractivity contribution in [1.82, 2.24) is 9.38 Å². The Hall–Kier alpha value is -2.64. The first-order valence-electron chi connectivity index (χ1n) is 7.40. The number of methoxy groups -OCH3 is 2. The average Bonchev–Trinajstić information content (AvgIpc) is 2.54. The maximum Gasteiger partial charge on any atom is 0.330 e. The summed E-state index contributed by atoms with van der Waals surface area (Å²) < 4.78 is 25.3. The molecule has 0 aliphatic rings. The summed E-state index contributed by atoms with van der Waals surface area (Å²) in [7, 11) is 2.63. The number of hydrogen-bond donors (Lipinski definition) is 1. The van der Waals surface area contributed by atoms with E-state index in [0.717, 1.165) is 4.40 Å². The fourth-order valence-electron chi connectivity index (χ4n) is 2.41. The summed E-state index contributed by atoms with van der Waals surface area (Å²) in [6.45, 7) is 4.97. The van der Waals surface area contributed by atoms with E-state index >= 15 is 0 Å². The predicted molar refractivity (Wildman–Crippen MR) is 87.1 cm³/mol. The number of carbonyl (C=O) groups is 1. The van der Waals surface area contributed by atoms with Gasteiger partial charge in [-0.15, -0.1) is 0 Å². The van der Waals surface area contributed by atoms with Gasteiger partial charge in [0.15, 0.2) is 11.5 Å². The number of carbonyl (C=O) groups excluding carboxylic acids is 1. The molecule has 0 saturated carbocycles. The number of ether oxygens (including phenoxy) is 2. The smallest absolute Gasteiger partial charge is 0.330 e. The lowest BCUT2D eigenvalue weighted by Gasteiger charge is -2.24. The SMILES string of the molecule is CCc1nc2c(F)cc(NC(C)(C)C(=O)OC)cn2c(=O)c1OC. The number of aromatic nitrogens is 2. The summed E-state index contributed by atoms with van der Waals surface area (Å²) in [5.74, 6) is -1.14. The Morgan fingerprint density at radius 3 is 2.62 bits per heavy atom. The number of fused-ring (bicyclic) bond motifs is 1. The molecular formula is C16H20FN3O4. The molecule has 0 radical (unpaired) electrons. The molecule has 2 aromatic rings. The maximum atomic E-state index is 14.4. The zero-order valence-electron chi connectivity index (χ0n) is 14.3. The number of hydrogen-bond acceptors (Lipinski definition) is 6. The predicted octanol–water partition coefficient (Wildman–Crippen LogP) is 1.77. The third kappa shape index (κ3) is 3.04. The lowest BCUT2D eigenvalue weighted by atomic mass is 10.1. The van der Waals surface area contributed by atoms with E-state index in [1.807, 2.05) is 0 Å². The summed E-state index contributed by atoms with van der Waals surface area (Å²) in [6.07, 6.45) is 1.81. The number of anilines is 1. The van der Waals surface area contributed by atoms with Crippen molar-refractivity contribution < 1.29 is 18.7 Å². The second-order valence-electron chi connectivity index (χ2n) is 5.76. The van der Waals surface area contributed by atoms with Crippen molar-refractivity contribution in [3.63, 3.8) is 0 Å². The fourth-order valence-corrected chi connectivity index (χ4v) is 2.41. The molecule has 0 amide bonds. The van der Waals surface area contributed by atoms with Gasteiger partial charge in [-0.25, -0.2) is 14.2 Å². The first-order valence-corrected chi connectivity index (χ1v) is 7.40. The molecule has 0 atom stereocenters. The molecule has 8 heteroatoms. The van der Waals surface area contributed by atoms with E-state index in [9.17, 15) is 14.0 Å². The average molecular weight is 337 g/mol. The Kier molecular flexibility index (Phi) is 4.77. The van der Waals surface area contributed by atoms with Crippen LogP contribution in [0.1, 0.15) is 26.5 Å². The van der Waals surface area contributed by atoms with Crippen molar-refractivity contribution in [3.8, 4) is 5.75 Å². The molecule has 130 valence electrons. The Morgan fingerprint density at radius 2 is 2.08 bits per heavy atom. The molecule has 0 fully saturated rings. The molecule has 7 nitrogen and oxygen atoms in total. The highest BCUT2D eigenvalue weighted by atomic mass is 19.1. The third-order valence-corrected chi connectivity index (χ3v) is 3.60. The van der Waals surface area contributed by atoms with Crippen LogP contribution in [0.25, 0.3) is 5.65 Å². The van der Waals surface area contributed by atoms with Gasteiger partial charge >= 0.3 is 11.5 Å². The summed E-state index contributed by atoms with van der Waals surface area (Å²) in [4.78, 5) is 28.4. The van der Waals surface area contributed by atoms with E-state index in [0.29, 0.717) is 12.1 Å². The van der Waals surface area contributed by atoms with E-state index in [1.54, 1.807) is 20.8 Å². The van der Waals surface area contributed by atoms with Gasteiger partial charge in [0.25, 0.3) is 0 Å². The van der Waals surface area contributed by atoms with Crippen LogP contribution in [-0.4, -0.2) is 35.1 Å². The van der Waals surface area contributed by atoms with Gasteiger partial charge in [-0.05, 0) is 20.3 Å². The molecule has 0 saturated heterocycles. The highest BCUT2D eigenvalue weighted by Crippen LogP contribution is 2.21. The van der Waals surface area contributed by atoms with E-state index in [4.69, 9.17) is 9.47 Å². The topological polar surface area (TPSA) is 81.9 Å². The maximum absolute atomic E-state index is 14.4. The first-order chi connectivity index (χ1) is 11.2. The quantitative estimate of drug-likeness (QED) is 0.838. The van der Waals surface area contributed by atoms with Crippen LogP contribution in [0, 0.1) is 5.82 Å². The number of aryl methyl sites for hydroxylation is 1. The van der Waals surface area contributed by atoms with Crippen LogP contribution in [0.15, 0.2) is 17.1 Å². The number of nitrogens with one attached hydrogen (secondary N) is 1. The lowest BCUT2D eigenvalue weighted by molar-refractivity contribution is -0.144. The number of nitrogens with zero attached hydrogens (tertiary/aromatic N) is 2. The van der Waals surface area contributed by atoms with E-state index < -0.39 is 22.9 Å². The minimum atomic E-state index is -1.10. The highest BCUT2D eigenvalue weighted by Gasteiger charge is 2.29. The Morgan fingerprint density at radius 1 is 1.42 bits per heavy atom. The molecule has 24 heavy (non-hydrogen) atoms. The Labute approximate surface area is 138 Å². The molecule has 0 spiro atoms. The zero-order valence-corrected chi connectivity index (χ0v) is 14.3. The van der Waals surface area contributed by atoms with Gasteiger partial charge in [0.2, 0.25) is 5.75 Å². The molecule has 2 heterocycles. The largest absolute Gasteiger partial charge is 0.490 e. The monoisotopic (exact) mass is 337 g/mol. The molecule has 0 aliphatic heterocycles. The van der Waals surface area contributed by atoms with Gasteiger partial charge < -0.3 is 14.8 Å². The van der Waals surface area contributed by atoms with Crippen LogP contribution in [0.3, 0.4) is 0 Å². The lowest BCUT2D eigenvalue weighted by Crippen LogP contribution is -2.41. The van der Waals surface area contributed by atoms with Gasteiger partial charge in [0, 0.05) is 12.3 Å². The summed E-state index contributed by atoms with van der Waals surface area (Å²) in [5, 5.41) is 2.85. The number of halogens is 1. The standard InChI is InChI=1S/C16H20FN3O4/c1-6-11-12(23-4)14(21)20-8-9(7-10(17)13(20)18-11)19-16(2,3)15(22)24-5/h7-8,19H,6H2,1-5H3. The van der Waals surface area contributed by atoms with Crippen molar-refractivity contribution in [2.75, 3.05) is 19.5 Å². The van der Waals surface area contributed by atoms with E-state index in [1.165, 1.54) is 26.5 Å². The Bertz CT molecular complexity index is 845. The van der Waals surface area contributed by atoms with Gasteiger partial charge in [0.05, 0.1) is 25.6 Å². The fraction of sp³-hybridized carbons (Fsp3) is 0.438. The third-order valence-electron chi connectivity index (χ3n) is 3.60. The van der Waals surface area contributed by atoms with Gasteiger partial charge in [-0.3, -0.25) is 9.20 Å². The van der Waals surface area contributed by atoms with Crippen LogP contribution in [0.5, 0.6) is 5.75 Å². The molecule has 2 rings (SSSR count). The van der Waals surface area contributed by atoms with Crippen LogP contribution < -0.4 is 15.6 Å². The second kappa shape index (κ2) is 6.46. The van der Waals surface area contributed by atoms with Gasteiger partial charge in [-0.1, -0.05) is 6.92 Å². The Balaban J connectivity index is 2.63. The van der Waals surface area contributed by atoms with E-state index in [2.05, 4.69) is 10.3 Å². The molecule has 2 aromatic heterocycles. The summed E-state index contributed by atoms with van der Waals surface area (Å²) in [6, 6.07) is 1.18. The van der Waals surface area contributed by atoms with Crippen LogP contribution in [-0.2, 0) is 16.0 Å². The molecule has 0 aromatic carbocycles. The van der Waals surface area contributed by atoms with Crippen molar-refractivity contribution in [2.45, 2.75) is 32.7 Å². The summed E-state index contributed by atoms with van der Waals surface area (Å²) in [5.41, 5.74) is -1.08. The van der Waals surface area contributed by atoms with Crippen molar-refractivity contribution in [3.05, 3.63) is 34.1 Å². The molecule has 0 bridgehead atoms. The minimum Gasteiger partial charge on any atom is -0.490 e. The molecule has 0 aliphatic carbocycles. The van der Waals surface area contributed by atoms with Crippen molar-refractivity contribution in [1.29, 1.82) is 0 Å². The molecular weight excluding hydrogens is 317 g/mol. The van der Waals surface area contributed by atoms with Crippen LogP contribution in [0.4, 0.5) is 10.1 Å². The van der Waals surface area contributed by atoms with Gasteiger partial charge in [-0.2, -0.15) is 0 Å². The van der Waals surface area contributed by atoms with Crippen LogP contribution >= 0.6 is 0 Å². The van der Waals surface area contributed by atoms with Crippen molar-refractivity contribution >= 4 is 17.3 Å². The second-order valence-corrected chi connectivity index (χ2v) is 5.76.